The number of aliphatic hydroxyl groups is 2. The second-order valence-corrected chi connectivity index (χ2v) is 19.8. The van der Waals surface area contributed by atoms with Crippen molar-refractivity contribution >= 4 is 19.7 Å². The molecule has 0 bridgehead atoms. The average Bonchev–Trinajstić information content (AvgIpc) is 3.58. The van der Waals surface area contributed by atoms with Crippen LogP contribution >= 0.6 is 11.3 Å². The van der Waals surface area contributed by atoms with E-state index in [0.29, 0.717) is 25.0 Å². The number of nitrogens with zero attached hydrogens (tertiary/aromatic N) is 1. The van der Waals surface area contributed by atoms with Crippen LogP contribution in [0.15, 0.2) is 23.2 Å². The SMILES string of the molecule is CC[Si](CC)(CC)O[C@H](c1nccs1)[C@@H](C)[C@@]1(O)[C@@H](O)C[C@H]2[C@@H]3CC=C4C[C@@H](OCOC)CC[C@]4(C)[C@H]3CC[C@@]21C. The van der Waals surface area contributed by atoms with Gasteiger partial charge in [0.2, 0.25) is 0 Å². The summed E-state index contributed by atoms with van der Waals surface area (Å²) in [4.78, 5) is 4.72. The Balaban J connectivity index is 1.44. The third kappa shape index (κ3) is 5.05. The van der Waals surface area contributed by atoms with Gasteiger partial charge in [-0.1, -0.05) is 53.2 Å². The molecule has 0 amide bonds. The van der Waals surface area contributed by atoms with E-state index in [-0.39, 0.29) is 34.9 Å². The van der Waals surface area contributed by atoms with Crippen molar-refractivity contribution in [3.8, 4) is 0 Å². The lowest BCUT2D eigenvalue weighted by Gasteiger charge is -2.60. The molecule has 41 heavy (non-hydrogen) atoms. The van der Waals surface area contributed by atoms with Crippen LogP contribution in [-0.2, 0) is 13.9 Å². The molecule has 8 heteroatoms. The maximum atomic E-state index is 12.9. The molecule has 0 spiro atoms. The van der Waals surface area contributed by atoms with Crippen LogP contribution in [0.25, 0.3) is 0 Å². The van der Waals surface area contributed by atoms with Gasteiger partial charge in [0.05, 0.1) is 12.2 Å². The Bertz CT molecular complexity index is 1060. The number of rotatable bonds is 11. The summed E-state index contributed by atoms with van der Waals surface area (Å²) in [5.74, 6) is 1.08. The average molecular weight is 606 g/mol. The van der Waals surface area contributed by atoms with E-state index >= 15 is 0 Å². The normalized spacial score (nSPS) is 40.3. The molecule has 0 unspecified atom stereocenters. The van der Waals surface area contributed by atoms with E-state index in [1.807, 2.05) is 11.6 Å². The number of hydrogen-bond donors (Lipinski definition) is 2. The van der Waals surface area contributed by atoms with Gasteiger partial charge in [-0.15, -0.1) is 11.3 Å². The molecule has 0 radical (unpaired) electrons. The summed E-state index contributed by atoms with van der Waals surface area (Å²) in [5.41, 5.74) is 0.135. The van der Waals surface area contributed by atoms with Gasteiger partial charge in [-0.25, -0.2) is 4.98 Å². The summed E-state index contributed by atoms with van der Waals surface area (Å²) >= 11 is 1.62. The van der Waals surface area contributed by atoms with Crippen molar-refractivity contribution in [3.63, 3.8) is 0 Å². The number of methoxy groups -OCH3 is 1. The Labute approximate surface area is 253 Å². The van der Waals surface area contributed by atoms with Crippen LogP contribution in [0.4, 0.5) is 0 Å². The minimum atomic E-state index is -2.00. The van der Waals surface area contributed by atoms with E-state index in [2.05, 4.69) is 47.6 Å². The largest absolute Gasteiger partial charge is 0.407 e. The first-order valence-electron chi connectivity index (χ1n) is 16.3. The fraction of sp³-hybridized carbons (Fsp3) is 0.848. The molecule has 2 N–H and O–H groups in total. The Morgan fingerprint density at radius 2 is 1.85 bits per heavy atom. The lowest BCUT2D eigenvalue weighted by Crippen LogP contribution is -2.60. The molecule has 3 fully saturated rings. The molecule has 5 rings (SSSR count). The summed E-state index contributed by atoms with van der Waals surface area (Å²) < 4.78 is 18.3. The lowest BCUT2D eigenvalue weighted by atomic mass is 9.46. The highest BCUT2D eigenvalue weighted by molar-refractivity contribution is 7.09. The van der Waals surface area contributed by atoms with E-state index in [1.54, 1.807) is 24.0 Å². The third-order valence-electron chi connectivity index (χ3n) is 12.9. The Morgan fingerprint density at radius 1 is 1.12 bits per heavy atom. The van der Waals surface area contributed by atoms with Crippen molar-refractivity contribution in [1.82, 2.24) is 4.98 Å². The molecule has 232 valence electrons. The molecule has 4 aliphatic carbocycles. The van der Waals surface area contributed by atoms with Gasteiger partial charge in [0.25, 0.3) is 0 Å². The van der Waals surface area contributed by atoms with E-state index < -0.39 is 20.0 Å². The highest BCUT2D eigenvalue weighted by atomic mass is 32.1. The van der Waals surface area contributed by atoms with E-state index in [1.165, 1.54) is 0 Å². The molecular weight excluding hydrogens is 551 g/mol. The standard InChI is InChI=1S/C33H55NO5SSi/c1-8-41(9-2,10-3)39-29(30-34-17-18-40-30)22(4)33(36)28(35)20-27-25-12-11-23-19-24(38-21-37-7)13-15-31(23,5)26(25)14-16-32(27,33)6/h11,17-18,22,24-29,35-36H,8-10,12-16,19-21H2,1-7H3/t22-,24+,25-,26+,27+,28+,29+,31+,32+,33-/m1/s1. The smallest absolute Gasteiger partial charge is 0.193 e. The van der Waals surface area contributed by atoms with Crippen LogP contribution < -0.4 is 0 Å². The number of aromatic nitrogens is 1. The second-order valence-electron chi connectivity index (χ2n) is 14.2. The quantitative estimate of drug-likeness (QED) is 0.154. The molecule has 4 aliphatic rings. The molecule has 6 nitrogen and oxygen atoms in total. The van der Waals surface area contributed by atoms with E-state index in [0.717, 1.165) is 61.7 Å². The van der Waals surface area contributed by atoms with Crippen LogP contribution in [0.2, 0.25) is 18.1 Å². The minimum absolute atomic E-state index is 0.176. The molecule has 3 saturated carbocycles. The van der Waals surface area contributed by atoms with Gasteiger partial charge >= 0.3 is 0 Å². The topological polar surface area (TPSA) is 81.0 Å². The van der Waals surface area contributed by atoms with Crippen molar-refractivity contribution in [2.24, 2.45) is 34.5 Å². The molecule has 0 saturated heterocycles. The summed E-state index contributed by atoms with van der Waals surface area (Å²) in [6.45, 7) is 14.0. The van der Waals surface area contributed by atoms with Gasteiger partial charge in [-0.05, 0) is 86.2 Å². The Kier molecular flexibility index (Phi) is 9.35. The molecule has 1 aromatic heterocycles. The predicted molar refractivity (Wildman–Crippen MR) is 167 cm³/mol. The zero-order chi connectivity index (χ0) is 29.6. The molecular formula is C33H55NO5SSi. The van der Waals surface area contributed by atoms with Gasteiger partial charge in [0.15, 0.2) is 8.32 Å². The number of allylic oxidation sites excluding steroid dienone is 1. The number of ether oxygens (including phenoxy) is 2. The molecule has 0 aliphatic heterocycles. The summed E-state index contributed by atoms with van der Waals surface area (Å²) in [6, 6.07) is 3.14. The maximum absolute atomic E-state index is 12.9. The molecule has 1 heterocycles. The second kappa shape index (κ2) is 12.1. The zero-order valence-electron chi connectivity index (χ0n) is 26.5. The van der Waals surface area contributed by atoms with Crippen molar-refractivity contribution in [3.05, 3.63) is 28.2 Å². The van der Waals surface area contributed by atoms with E-state index in [4.69, 9.17) is 18.9 Å². The van der Waals surface area contributed by atoms with Crippen molar-refractivity contribution in [2.45, 2.75) is 129 Å². The summed E-state index contributed by atoms with van der Waals surface area (Å²) in [7, 11) is -0.307. The van der Waals surface area contributed by atoms with Gasteiger partial charge < -0.3 is 24.1 Å². The van der Waals surface area contributed by atoms with Crippen LogP contribution in [0, 0.1) is 34.5 Å². The number of thiazole rings is 1. The monoisotopic (exact) mass is 605 g/mol. The fourth-order valence-corrected chi connectivity index (χ4v) is 13.8. The van der Waals surface area contributed by atoms with Crippen molar-refractivity contribution < 1.29 is 24.1 Å². The maximum Gasteiger partial charge on any atom is 0.193 e. The molecule has 1 aromatic rings. The van der Waals surface area contributed by atoms with Crippen molar-refractivity contribution in [1.29, 1.82) is 0 Å². The summed E-state index contributed by atoms with van der Waals surface area (Å²) in [6.07, 6.45) is 10.5. The van der Waals surface area contributed by atoms with E-state index in [9.17, 15) is 10.2 Å². The highest BCUT2D eigenvalue weighted by Gasteiger charge is 2.69. The zero-order valence-corrected chi connectivity index (χ0v) is 28.3. The van der Waals surface area contributed by atoms with Crippen LogP contribution in [0.5, 0.6) is 0 Å². The van der Waals surface area contributed by atoms with Crippen LogP contribution in [0.1, 0.15) is 97.6 Å². The van der Waals surface area contributed by atoms with Gasteiger partial charge in [-0.3, -0.25) is 0 Å². The van der Waals surface area contributed by atoms with Gasteiger partial charge in [0, 0.05) is 30.0 Å². The number of hydrogen-bond acceptors (Lipinski definition) is 7. The first-order chi connectivity index (χ1) is 19.5. The number of aliphatic hydroxyl groups excluding tert-OH is 1. The number of fused-ring (bicyclic) bond motifs is 5. The minimum Gasteiger partial charge on any atom is -0.407 e. The fourth-order valence-electron chi connectivity index (χ4n) is 10.1. The Hall–Kier alpha value is -0.613. The van der Waals surface area contributed by atoms with Crippen molar-refractivity contribution in [2.75, 3.05) is 13.9 Å². The lowest BCUT2D eigenvalue weighted by molar-refractivity contribution is -0.197. The van der Waals surface area contributed by atoms with Crippen LogP contribution in [0.3, 0.4) is 0 Å². The predicted octanol–water partition coefficient (Wildman–Crippen LogP) is 7.50. The van der Waals surface area contributed by atoms with Gasteiger partial charge in [-0.2, -0.15) is 0 Å². The molecule has 10 atom stereocenters. The Morgan fingerprint density at radius 3 is 2.49 bits per heavy atom. The highest BCUT2D eigenvalue weighted by Crippen LogP contribution is 2.69. The van der Waals surface area contributed by atoms with Crippen LogP contribution in [-0.4, -0.2) is 55.2 Å². The first kappa shape index (κ1) is 31.8. The first-order valence-corrected chi connectivity index (χ1v) is 19.7. The van der Waals surface area contributed by atoms with Gasteiger partial charge in [0.1, 0.15) is 23.5 Å². The molecule has 0 aromatic carbocycles. The third-order valence-corrected chi connectivity index (χ3v) is 18.4. The summed E-state index contributed by atoms with van der Waals surface area (Å²) in [5, 5.41) is 27.7.